The zero-order valence-electron chi connectivity index (χ0n) is 8.92. The van der Waals surface area contributed by atoms with E-state index in [-0.39, 0.29) is 18.0 Å². The number of benzene rings is 1. The zero-order chi connectivity index (χ0) is 13.2. The zero-order valence-corrected chi connectivity index (χ0v) is 9.73. The van der Waals surface area contributed by atoms with E-state index in [1.807, 2.05) is 0 Å². The lowest BCUT2D eigenvalue weighted by atomic mass is 10.0. The van der Waals surface area contributed by atoms with Gasteiger partial charge in [0.1, 0.15) is 6.61 Å². The van der Waals surface area contributed by atoms with Crippen LogP contribution in [0.15, 0.2) is 18.2 Å². The number of rotatable bonds is 4. The van der Waals surface area contributed by atoms with Crippen LogP contribution in [-0.4, -0.2) is 27.7 Å². The van der Waals surface area contributed by atoms with Crippen molar-refractivity contribution in [1.82, 2.24) is 0 Å². The first-order chi connectivity index (χ1) is 7.79. The molecule has 9 heteroatoms. The fourth-order valence-electron chi connectivity index (χ4n) is 1.22. The molecule has 0 aliphatic carbocycles. The number of phenolic OH excluding ortho intramolecular Hbond substituents is 1. The number of nitrogens with zero attached hydrogens (tertiary/aromatic N) is 1. The van der Waals surface area contributed by atoms with Crippen molar-refractivity contribution in [2.75, 3.05) is 6.61 Å². The summed E-state index contributed by atoms with van der Waals surface area (Å²) in [6.07, 6.45) is 0. The van der Waals surface area contributed by atoms with Gasteiger partial charge in [0.25, 0.3) is 5.92 Å². The van der Waals surface area contributed by atoms with Crippen LogP contribution in [0.4, 0.5) is 14.5 Å². The van der Waals surface area contributed by atoms with Crippen molar-refractivity contribution in [3.05, 3.63) is 33.9 Å². The van der Waals surface area contributed by atoms with Gasteiger partial charge in [-0.1, -0.05) is 6.07 Å². The Bertz CT molecular complexity index is 445. The molecule has 1 rings (SSSR count). The third-order valence-electron chi connectivity index (χ3n) is 2.22. The number of phenols is 1. The minimum Gasteiger partial charge on any atom is -0.502 e. The van der Waals surface area contributed by atoms with Crippen LogP contribution in [0.5, 0.6) is 5.75 Å². The first kappa shape index (κ1) is 16.5. The summed E-state index contributed by atoms with van der Waals surface area (Å²) in [5, 5.41) is 28.1. The van der Waals surface area contributed by atoms with E-state index in [0.717, 1.165) is 18.2 Å². The molecule has 0 fully saturated rings. The molecule has 0 unspecified atom stereocenters. The quantitative estimate of drug-likeness (QED) is 0.571. The molecule has 0 radical (unpaired) electrons. The van der Waals surface area contributed by atoms with Crippen molar-refractivity contribution in [2.45, 2.75) is 12.0 Å². The van der Waals surface area contributed by atoms with Gasteiger partial charge in [-0.25, -0.2) is 8.78 Å². The monoisotopic (exact) mass is 284 g/mol. The molecule has 102 valence electrons. The molecule has 0 saturated carbocycles. The standard InChI is InChI=1S/C9H10F2N2O4.ClH/c10-9(11,4-14)8(12)5-1-2-7(15)6(3-5)13(16)17;/h1-3,8,14-15H,4,12H2;1H/t8-;/m0./s1. The molecule has 6 nitrogen and oxygen atoms in total. The Morgan fingerprint density at radius 2 is 2.06 bits per heavy atom. The summed E-state index contributed by atoms with van der Waals surface area (Å²) >= 11 is 0. The van der Waals surface area contributed by atoms with Gasteiger partial charge in [-0.05, 0) is 11.6 Å². The number of hydrogen-bond donors (Lipinski definition) is 3. The van der Waals surface area contributed by atoms with Crippen LogP contribution in [-0.2, 0) is 0 Å². The van der Waals surface area contributed by atoms with E-state index in [4.69, 9.17) is 15.9 Å². The molecule has 0 saturated heterocycles. The number of halogens is 3. The van der Waals surface area contributed by atoms with Crippen LogP contribution in [0.25, 0.3) is 0 Å². The van der Waals surface area contributed by atoms with Crippen LogP contribution in [0.2, 0.25) is 0 Å². The van der Waals surface area contributed by atoms with Crippen LogP contribution in [0.3, 0.4) is 0 Å². The summed E-state index contributed by atoms with van der Waals surface area (Å²) in [5.74, 6) is -4.23. The highest BCUT2D eigenvalue weighted by Crippen LogP contribution is 2.33. The summed E-state index contributed by atoms with van der Waals surface area (Å²) in [5.41, 5.74) is 4.23. The van der Waals surface area contributed by atoms with Crippen LogP contribution in [0, 0.1) is 10.1 Å². The van der Waals surface area contributed by atoms with Gasteiger partial charge in [-0.15, -0.1) is 12.4 Å². The minimum atomic E-state index is -3.59. The highest BCUT2D eigenvalue weighted by atomic mass is 35.5. The van der Waals surface area contributed by atoms with Crippen molar-refractivity contribution >= 4 is 18.1 Å². The average molecular weight is 285 g/mol. The fraction of sp³-hybridized carbons (Fsp3) is 0.333. The predicted molar refractivity (Wildman–Crippen MR) is 61.0 cm³/mol. The highest BCUT2D eigenvalue weighted by molar-refractivity contribution is 5.85. The number of nitrogens with two attached hydrogens (primary N) is 1. The highest BCUT2D eigenvalue weighted by Gasteiger charge is 2.38. The van der Waals surface area contributed by atoms with Gasteiger partial charge in [0.15, 0.2) is 5.75 Å². The van der Waals surface area contributed by atoms with E-state index < -0.39 is 34.9 Å². The van der Waals surface area contributed by atoms with Gasteiger partial charge in [-0.3, -0.25) is 10.1 Å². The fourth-order valence-corrected chi connectivity index (χ4v) is 1.22. The van der Waals surface area contributed by atoms with Gasteiger partial charge in [0, 0.05) is 6.07 Å². The van der Waals surface area contributed by atoms with E-state index >= 15 is 0 Å². The number of alkyl halides is 2. The maximum Gasteiger partial charge on any atom is 0.311 e. The van der Waals surface area contributed by atoms with Gasteiger partial charge >= 0.3 is 5.69 Å². The van der Waals surface area contributed by atoms with Crippen molar-refractivity contribution in [1.29, 1.82) is 0 Å². The van der Waals surface area contributed by atoms with Crippen molar-refractivity contribution in [3.8, 4) is 5.75 Å². The number of nitro benzene ring substituents is 1. The summed E-state index contributed by atoms with van der Waals surface area (Å²) < 4.78 is 26.1. The van der Waals surface area contributed by atoms with Crippen LogP contribution >= 0.6 is 12.4 Å². The van der Waals surface area contributed by atoms with E-state index in [9.17, 15) is 18.9 Å². The number of aromatic hydroxyl groups is 1. The molecule has 4 N–H and O–H groups in total. The van der Waals surface area contributed by atoms with E-state index in [1.165, 1.54) is 0 Å². The molecule has 0 bridgehead atoms. The largest absolute Gasteiger partial charge is 0.502 e. The third-order valence-corrected chi connectivity index (χ3v) is 2.22. The maximum absolute atomic E-state index is 13.1. The summed E-state index contributed by atoms with van der Waals surface area (Å²) in [7, 11) is 0. The van der Waals surface area contributed by atoms with Gasteiger partial charge < -0.3 is 15.9 Å². The van der Waals surface area contributed by atoms with Gasteiger partial charge in [0.2, 0.25) is 0 Å². The SMILES string of the molecule is Cl.N[C@@H](c1ccc(O)c([N+](=O)[O-])c1)C(F)(F)CO. The topological polar surface area (TPSA) is 110 Å². The normalized spacial score (nSPS) is 12.7. The molecule has 0 aliphatic rings. The second kappa shape index (κ2) is 5.89. The Balaban J connectivity index is 0.00000289. The Hall–Kier alpha value is -1.51. The third kappa shape index (κ3) is 3.25. The molecular formula is C9H11ClF2N2O4. The Morgan fingerprint density at radius 3 is 2.50 bits per heavy atom. The lowest BCUT2D eigenvalue weighted by Gasteiger charge is -2.21. The molecule has 18 heavy (non-hydrogen) atoms. The molecular weight excluding hydrogens is 274 g/mol. The smallest absolute Gasteiger partial charge is 0.311 e. The Labute approximate surface area is 107 Å². The molecule has 1 atom stereocenters. The number of aliphatic hydroxyl groups is 1. The second-order valence-corrected chi connectivity index (χ2v) is 3.40. The van der Waals surface area contributed by atoms with Gasteiger partial charge in [-0.2, -0.15) is 0 Å². The van der Waals surface area contributed by atoms with Crippen molar-refractivity contribution in [3.63, 3.8) is 0 Å². The maximum atomic E-state index is 13.1. The first-order valence-electron chi connectivity index (χ1n) is 4.51. The average Bonchev–Trinajstić information content (AvgIpc) is 2.28. The second-order valence-electron chi connectivity index (χ2n) is 3.40. The number of aliphatic hydroxyl groups excluding tert-OH is 1. The molecule has 1 aromatic carbocycles. The predicted octanol–water partition coefficient (Wildman–Crippen LogP) is 1.35. The Kier molecular flexibility index (Phi) is 5.40. The minimum absolute atomic E-state index is 0. The van der Waals surface area contributed by atoms with Crippen molar-refractivity contribution < 1.29 is 23.9 Å². The molecule has 0 amide bonds. The summed E-state index contributed by atoms with van der Waals surface area (Å²) in [6, 6.07) is 0.813. The van der Waals surface area contributed by atoms with Crippen LogP contribution in [0.1, 0.15) is 11.6 Å². The van der Waals surface area contributed by atoms with Gasteiger partial charge in [0.05, 0.1) is 11.0 Å². The summed E-state index contributed by atoms with van der Waals surface area (Å²) in [4.78, 5) is 9.57. The van der Waals surface area contributed by atoms with E-state index in [2.05, 4.69) is 0 Å². The molecule has 0 aliphatic heterocycles. The van der Waals surface area contributed by atoms with Crippen molar-refractivity contribution in [2.24, 2.45) is 5.73 Å². The lowest BCUT2D eigenvalue weighted by molar-refractivity contribution is -0.386. The molecule has 0 aromatic heterocycles. The number of nitro groups is 1. The Morgan fingerprint density at radius 1 is 1.50 bits per heavy atom. The lowest BCUT2D eigenvalue weighted by Crippen LogP contribution is -2.36. The molecule has 1 aromatic rings. The molecule has 0 spiro atoms. The molecule has 0 heterocycles. The summed E-state index contributed by atoms with van der Waals surface area (Å²) in [6.45, 7) is -1.47. The van der Waals surface area contributed by atoms with Crippen LogP contribution < -0.4 is 5.73 Å². The van der Waals surface area contributed by atoms with E-state index in [1.54, 1.807) is 0 Å². The van der Waals surface area contributed by atoms with E-state index in [0.29, 0.717) is 0 Å². The number of hydrogen-bond acceptors (Lipinski definition) is 5. The first-order valence-corrected chi connectivity index (χ1v) is 4.51.